The number of rotatable bonds is 0. The molecule has 0 aromatic heterocycles. The third-order valence-electron chi connectivity index (χ3n) is 4.32. The number of nitrogens with one attached hydrogen (secondary N) is 1. The highest BCUT2D eigenvalue weighted by molar-refractivity contribution is 6.41. The summed E-state index contributed by atoms with van der Waals surface area (Å²) >= 11 is 6.54. The van der Waals surface area contributed by atoms with E-state index >= 15 is 0 Å². The predicted octanol–water partition coefficient (Wildman–Crippen LogP) is 1.46. The van der Waals surface area contributed by atoms with Crippen LogP contribution in [-0.4, -0.2) is 30.4 Å². The topological polar surface area (TPSA) is 41.5 Å². The molecule has 3 unspecified atom stereocenters. The summed E-state index contributed by atoms with van der Waals surface area (Å²) in [6.07, 6.45) is 4.26. The zero-order valence-electron chi connectivity index (χ0n) is 9.37. The van der Waals surface area contributed by atoms with Gasteiger partial charge in [-0.25, -0.2) is 0 Å². The molecule has 1 radical (unpaired) electrons. The van der Waals surface area contributed by atoms with Crippen molar-refractivity contribution in [1.82, 2.24) is 5.32 Å². The van der Waals surface area contributed by atoms with E-state index in [4.69, 9.17) is 11.6 Å². The van der Waals surface area contributed by atoms with Gasteiger partial charge in [0.2, 0.25) is 5.91 Å². The number of carbonyl (C=O) groups is 1. The van der Waals surface area contributed by atoms with Gasteiger partial charge in [-0.1, -0.05) is 12.6 Å². The van der Waals surface area contributed by atoms with Gasteiger partial charge in [0.15, 0.2) is 0 Å². The molecular formula is C11H15BClN2O. The summed E-state index contributed by atoms with van der Waals surface area (Å²) < 4.78 is 0. The summed E-state index contributed by atoms with van der Waals surface area (Å²) in [5.41, 5.74) is 0.195. The molecule has 3 nitrogen and oxygen atoms in total. The molecule has 2 aliphatic heterocycles. The van der Waals surface area contributed by atoms with Crippen LogP contribution in [0.5, 0.6) is 0 Å². The van der Waals surface area contributed by atoms with E-state index in [1.54, 1.807) is 0 Å². The molecule has 1 spiro atoms. The van der Waals surface area contributed by atoms with E-state index < -0.39 is 0 Å². The lowest BCUT2D eigenvalue weighted by molar-refractivity contribution is -0.126. The van der Waals surface area contributed by atoms with Crippen molar-refractivity contribution in [1.29, 1.82) is 0 Å². The van der Waals surface area contributed by atoms with Crippen LogP contribution in [0.4, 0.5) is 0 Å². The van der Waals surface area contributed by atoms with Crippen LogP contribution in [0.15, 0.2) is 4.99 Å². The molecule has 3 aliphatic rings. The molecule has 85 valence electrons. The van der Waals surface area contributed by atoms with Gasteiger partial charge in [-0.05, 0) is 25.2 Å². The van der Waals surface area contributed by atoms with Crippen LogP contribution in [-0.2, 0) is 4.79 Å². The molecule has 2 heterocycles. The van der Waals surface area contributed by atoms with Gasteiger partial charge in [0.25, 0.3) is 0 Å². The van der Waals surface area contributed by atoms with E-state index in [1.165, 1.54) is 0 Å². The largest absolute Gasteiger partial charge is 0.314 e. The number of hydrogen-bond donors (Lipinski definition) is 1. The second-order valence-electron chi connectivity index (χ2n) is 5.30. The Bertz CT molecular complexity index is 367. The Hall–Kier alpha value is -0.505. The van der Waals surface area contributed by atoms with Crippen LogP contribution in [0.25, 0.3) is 0 Å². The second-order valence-corrected chi connectivity index (χ2v) is 5.77. The summed E-state index contributed by atoms with van der Waals surface area (Å²) in [4.78, 5) is 16.5. The van der Waals surface area contributed by atoms with Gasteiger partial charge in [0, 0.05) is 0 Å². The maximum atomic E-state index is 12.0. The standard InChI is InChI=1S/C11H15BClN2O/c1-6-14-7-2-3-11(4-12-5-11)9(13)8(7)10(16)15-6/h7-9H,2-5H2,1H3,(H,14,15,16). The van der Waals surface area contributed by atoms with Crippen molar-refractivity contribution in [3.05, 3.63) is 0 Å². The molecule has 0 bridgehead atoms. The third-order valence-corrected chi connectivity index (χ3v) is 5.06. The van der Waals surface area contributed by atoms with Crippen LogP contribution in [0.2, 0.25) is 12.6 Å². The van der Waals surface area contributed by atoms with Crippen molar-refractivity contribution < 1.29 is 4.79 Å². The van der Waals surface area contributed by atoms with Crippen LogP contribution in [0, 0.1) is 11.3 Å². The van der Waals surface area contributed by atoms with E-state index in [1.807, 2.05) is 6.92 Å². The first-order chi connectivity index (χ1) is 7.62. The van der Waals surface area contributed by atoms with E-state index in [9.17, 15) is 4.79 Å². The first kappa shape index (κ1) is 10.6. The fourth-order valence-electron chi connectivity index (χ4n) is 3.27. The molecule has 0 aromatic rings. The number of halogens is 1. The van der Waals surface area contributed by atoms with Gasteiger partial charge in [0.1, 0.15) is 13.1 Å². The van der Waals surface area contributed by atoms with Crippen molar-refractivity contribution in [3.63, 3.8) is 0 Å². The SMILES string of the molecule is CC1=NC2CCC3(C[B]C3)C(Cl)C2C(=O)N1. The maximum Gasteiger partial charge on any atom is 0.232 e. The minimum Gasteiger partial charge on any atom is -0.314 e. The summed E-state index contributed by atoms with van der Waals surface area (Å²) in [6.45, 7) is 1.85. The van der Waals surface area contributed by atoms with Crippen molar-refractivity contribution in [3.8, 4) is 0 Å². The normalized spacial score (nSPS) is 40.2. The predicted molar refractivity (Wildman–Crippen MR) is 65.2 cm³/mol. The van der Waals surface area contributed by atoms with Crippen molar-refractivity contribution in [2.24, 2.45) is 16.3 Å². The van der Waals surface area contributed by atoms with E-state index in [0.29, 0.717) is 0 Å². The Morgan fingerprint density at radius 1 is 1.56 bits per heavy atom. The quantitative estimate of drug-likeness (QED) is 0.503. The second kappa shape index (κ2) is 3.49. The van der Waals surface area contributed by atoms with Crippen LogP contribution >= 0.6 is 11.6 Å². The number of aliphatic imine (C=N–C) groups is 1. The minimum absolute atomic E-state index is 0.0481. The fraction of sp³-hybridized carbons (Fsp3) is 0.818. The lowest BCUT2D eigenvalue weighted by Crippen LogP contribution is -2.58. The summed E-state index contributed by atoms with van der Waals surface area (Å²) in [6, 6.07) is 0.113. The molecule has 1 aliphatic carbocycles. The number of amidine groups is 1. The van der Waals surface area contributed by atoms with Crippen LogP contribution in [0.3, 0.4) is 0 Å². The third kappa shape index (κ3) is 1.35. The van der Waals surface area contributed by atoms with Gasteiger partial charge in [-0.15, -0.1) is 11.6 Å². The molecule has 1 amide bonds. The van der Waals surface area contributed by atoms with Crippen LogP contribution in [0.1, 0.15) is 19.8 Å². The summed E-state index contributed by atoms with van der Waals surface area (Å²) in [7, 11) is 2.27. The first-order valence-corrected chi connectivity index (χ1v) is 6.37. The van der Waals surface area contributed by atoms with Crippen LogP contribution < -0.4 is 5.32 Å². The number of hydrogen-bond acceptors (Lipinski definition) is 2. The van der Waals surface area contributed by atoms with Gasteiger partial charge in [-0.2, -0.15) is 0 Å². The highest BCUT2D eigenvalue weighted by atomic mass is 35.5. The maximum absolute atomic E-state index is 12.0. The first-order valence-electron chi connectivity index (χ1n) is 5.93. The molecule has 0 aromatic carbocycles. The summed E-state index contributed by atoms with van der Waals surface area (Å²) in [5.74, 6) is 0.697. The van der Waals surface area contributed by atoms with Crippen molar-refractivity contribution >= 4 is 30.6 Å². The Balaban J connectivity index is 1.90. The Kier molecular flexibility index (Phi) is 2.32. The van der Waals surface area contributed by atoms with Gasteiger partial charge in [-0.3, -0.25) is 9.79 Å². The zero-order chi connectivity index (χ0) is 11.3. The molecule has 1 saturated carbocycles. The van der Waals surface area contributed by atoms with Gasteiger partial charge >= 0.3 is 0 Å². The van der Waals surface area contributed by atoms with E-state index in [-0.39, 0.29) is 28.7 Å². The Labute approximate surface area is 101 Å². The number of amides is 1. The lowest BCUT2D eigenvalue weighted by Gasteiger charge is -2.53. The van der Waals surface area contributed by atoms with E-state index in [0.717, 1.165) is 31.3 Å². The van der Waals surface area contributed by atoms with Gasteiger partial charge < -0.3 is 5.32 Å². The Morgan fingerprint density at radius 2 is 2.31 bits per heavy atom. The fourth-order valence-corrected chi connectivity index (χ4v) is 3.84. The molecule has 3 rings (SSSR count). The molecule has 3 atom stereocenters. The molecular weight excluding hydrogens is 222 g/mol. The highest BCUT2D eigenvalue weighted by Gasteiger charge is 2.54. The summed E-state index contributed by atoms with van der Waals surface area (Å²) in [5, 5.41) is 2.76. The van der Waals surface area contributed by atoms with Gasteiger partial charge in [0.05, 0.1) is 17.3 Å². The number of carbonyl (C=O) groups excluding carboxylic acids is 1. The number of nitrogens with zero attached hydrogens (tertiary/aromatic N) is 1. The molecule has 2 fully saturated rings. The monoisotopic (exact) mass is 237 g/mol. The average molecular weight is 238 g/mol. The van der Waals surface area contributed by atoms with E-state index in [2.05, 4.69) is 17.6 Å². The molecule has 1 N–H and O–H groups in total. The molecule has 5 heteroatoms. The average Bonchev–Trinajstić information content (AvgIpc) is 2.14. The highest BCUT2D eigenvalue weighted by Crippen LogP contribution is 2.54. The zero-order valence-corrected chi connectivity index (χ0v) is 10.1. The van der Waals surface area contributed by atoms with Crippen molar-refractivity contribution in [2.45, 2.75) is 43.8 Å². The molecule has 16 heavy (non-hydrogen) atoms. The van der Waals surface area contributed by atoms with Crippen molar-refractivity contribution in [2.75, 3.05) is 0 Å². The smallest absolute Gasteiger partial charge is 0.232 e. The minimum atomic E-state index is -0.118. The number of alkyl halides is 1. The molecule has 1 saturated heterocycles. The Morgan fingerprint density at radius 3 is 2.94 bits per heavy atom. The number of fused-ring (bicyclic) bond motifs is 1. The lowest BCUT2D eigenvalue weighted by atomic mass is 9.38.